The molecule has 0 aromatic heterocycles. The molecule has 0 rings (SSSR count). The Bertz CT molecular complexity index is 388. The van der Waals surface area contributed by atoms with Gasteiger partial charge in [0.25, 0.3) is 0 Å². The summed E-state index contributed by atoms with van der Waals surface area (Å²) in [5.74, 6) is 0.0995. The summed E-state index contributed by atoms with van der Waals surface area (Å²) in [5, 5.41) is 7.77. The summed E-state index contributed by atoms with van der Waals surface area (Å²) >= 11 is 0. The van der Waals surface area contributed by atoms with E-state index < -0.39 is 19.9 Å². The molecule has 0 amide bonds. The molecule has 16 heavy (non-hydrogen) atoms. The summed E-state index contributed by atoms with van der Waals surface area (Å²) in [5.41, 5.74) is 0. The lowest BCUT2D eigenvalue weighted by Gasteiger charge is -2.12. The van der Waals surface area contributed by atoms with Gasteiger partial charge in [-0.25, -0.2) is 22.0 Å². The Labute approximate surface area is 97.6 Å². The minimum atomic E-state index is -3.42. The highest BCUT2D eigenvalue weighted by Gasteiger charge is 2.13. The SMILES string of the molecule is CCS(=O)(=O)CC(C)NCCCS(N)(=O)=O. The van der Waals surface area contributed by atoms with Gasteiger partial charge in [-0.2, -0.15) is 0 Å². The van der Waals surface area contributed by atoms with Crippen molar-refractivity contribution in [3.05, 3.63) is 0 Å². The first kappa shape index (κ1) is 15.8. The number of nitrogens with one attached hydrogen (secondary N) is 1. The number of nitrogens with two attached hydrogens (primary N) is 1. The fraction of sp³-hybridized carbons (Fsp3) is 1.00. The van der Waals surface area contributed by atoms with Gasteiger partial charge >= 0.3 is 0 Å². The summed E-state index contributed by atoms with van der Waals surface area (Å²) in [6, 6.07) is -0.176. The van der Waals surface area contributed by atoms with Gasteiger partial charge in [0.2, 0.25) is 10.0 Å². The molecule has 0 fully saturated rings. The first-order valence-corrected chi connectivity index (χ1v) is 8.64. The molecule has 3 N–H and O–H groups in total. The van der Waals surface area contributed by atoms with Crippen molar-refractivity contribution in [3.8, 4) is 0 Å². The van der Waals surface area contributed by atoms with E-state index in [-0.39, 0.29) is 23.3 Å². The molecule has 0 saturated carbocycles. The molecule has 98 valence electrons. The van der Waals surface area contributed by atoms with Crippen molar-refractivity contribution in [3.63, 3.8) is 0 Å². The van der Waals surface area contributed by atoms with Crippen LogP contribution in [0.5, 0.6) is 0 Å². The monoisotopic (exact) mass is 272 g/mol. The number of rotatable bonds is 8. The molecule has 0 aliphatic carbocycles. The number of hydrogen-bond acceptors (Lipinski definition) is 5. The maximum Gasteiger partial charge on any atom is 0.209 e. The van der Waals surface area contributed by atoms with Crippen molar-refractivity contribution in [1.29, 1.82) is 0 Å². The van der Waals surface area contributed by atoms with E-state index in [1.54, 1.807) is 13.8 Å². The number of sulfonamides is 1. The van der Waals surface area contributed by atoms with Crippen LogP contribution in [0.4, 0.5) is 0 Å². The molecular weight excluding hydrogens is 252 g/mol. The lowest BCUT2D eigenvalue weighted by atomic mass is 10.3. The van der Waals surface area contributed by atoms with E-state index in [9.17, 15) is 16.8 Å². The van der Waals surface area contributed by atoms with Crippen LogP contribution in [0.1, 0.15) is 20.3 Å². The van der Waals surface area contributed by atoms with Crippen LogP contribution in [0.2, 0.25) is 0 Å². The van der Waals surface area contributed by atoms with E-state index in [0.29, 0.717) is 13.0 Å². The van der Waals surface area contributed by atoms with Crippen LogP contribution in [0.3, 0.4) is 0 Å². The van der Waals surface area contributed by atoms with Crippen LogP contribution in [0, 0.1) is 0 Å². The van der Waals surface area contributed by atoms with Crippen molar-refractivity contribution in [2.24, 2.45) is 5.14 Å². The predicted octanol–water partition coefficient (Wildman–Crippen LogP) is -0.922. The lowest BCUT2D eigenvalue weighted by Crippen LogP contribution is -2.35. The Morgan fingerprint density at radius 3 is 2.25 bits per heavy atom. The van der Waals surface area contributed by atoms with Crippen molar-refractivity contribution in [2.45, 2.75) is 26.3 Å². The van der Waals surface area contributed by atoms with Crippen LogP contribution in [-0.4, -0.2) is 46.7 Å². The second-order valence-electron chi connectivity index (χ2n) is 3.77. The van der Waals surface area contributed by atoms with E-state index in [1.165, 1.54) is 0 Å². The van der Waals surface area contributed by atoms with Gasteiger partial charge in [0.05, 0.1) is 11.5 Å². The summed E-state index contributed by atoms with van der Waals surface area (Å²) in [4.78, 5) is 0. The maximum absolute atomic E-state index is 11.2. The van der Waals surface area contributed by atoms with E-state index >= 15 is 0 Å². The Kier molecular flexibility index (Phi) is 6.46. The van der Waals surface area contributed by atoms with Gasteiger partial charge in [-0.15, -0.1) is 0 Å². The molecule has 8 heteroatoms. The molecule has 0 radical (unpaired) electrons. The molecule has 1 unspecified atom stereocenters. The Morgan fingerprint density at radius 1 is 1.25 bits per heavy atom. The van der Waals surface area contributed by atoms with Crippen LogP contribution in [0.25, 0.3) is 0 Å². The van der Waals surface area contributed by atoms with Crippen LogP contribution < -0.4 is 10.5 Å². The van der Waals surface area contributed by atoms with Crippen molar-refractivity contribution >= 4 is 19.9 Å². The van der Waals surface area contributed by atoms with Gasteiger partial charge in [-0.1, -0.05) is 6.92 Å². The molecule has 0 aromatic rings. The normalized spacial score (nSPS) is 14.9. The second-order valence-corrected chi connectivity index (χ2v) is 7.91. The zero-order chi connectivity index (χ0) is 12.8. The summed E-state index contributed by atoms with van der Waals surface area (Å²) in [6.07, 6.45) is 0.384. The molecule has 0 aliphatic rings. The third-order valence-corrected chi connectivity index (χ3v) is 4.79. The molecule has 0 spiro atoms. The average Bonchev–Trinajstić information content (AvgIpc) is 2.10. The van der Waals surface area contributed by atoms with E-state index in [4.69, 9.17) is 5.14 Å². The standard InChI is InChI=1S/C8H20N2O4S2/c1-3-15(11,12)7-8(2)10-5-4-6-16(9,13)14/h8,10H,3-7H2,1-2H3,(H2,9,13,14). The molecule has 6 nitrogen and oxygen atoms in total. The first-order chi connectivity index (χ1) is 7.16. The Balaban J connectivity index is 3.79. The summed E-state index contributed by atoms with van der Waals surface area (Å²) in [7, 11) is -6.41. The third-order valence-electron chi connectivity index (χ3n) is 2.04. The second kappa shape index (κ2) is 6.53. The molecule has 0 aliphatic heterocycles. The molecule has 0 bridgehead atoms. The van der Waals surface area contributed by atoms with Gasteiger partial charge in [0.1, 0.15) is 0 Å². The minimum absolute atomic E-state index is 0.0683. The smallest absolute Gasteiger partial charge is 0.209 e. The van der Waals surface area contributed by atoms with Gasteiger partial charge in [0.15, 0.2) is 9.84 Å². The molecular formula is C8H20N2O4S2. The van der Waals surface area contributed by atoms with Gasteiger partial charge in [-0.05, 0) is 19.9 Å². The van der Waals surface area contributed by atoms with E-state index in [2.05, 4.69) is 5.32 Å². The highest BCUT2D eigenvalue weighted by atomic mass is 32.2. The minimum Gasteiger partial charge on any atom is -0.313 e. The van der Waals surface area contributed by atoms with Crippen molar-refractivity contribution in [2.75, 3.05) is 23.8 Å². The Morgan fingerprint density at radius 2 is 1.81 bits per heavy atom. The maximum atomic E-state index is 11.2. The predicted molar refractivity (Wildman–Crippen MR) is 64.4 cm³/mol. The topological polar surface area (TPSA) is 106 Å². The highest BCUT2D eigenvalue weighted by Crippen LogP contribution is 1.94. The number of hydrogen-bond donors (Lipinski definition) is 2. The van der Waals surface area contributed by atoms with Gasteiger partial charge in [0, 0.05) is 11.8 Å². The molecule has 0 heterocycles. The largest absolute Gasteiger partial charge is 0.313 e. The molecule has 0 saturated heterocycles. The molecule has 1 atom stereocenters. The van der Waals surface area contributed by atoms with Gasteiger partial charge in [-0.3, -0.25) is 0 Å². The average molecular weight is 272 g/mol. The first-order valence-electron chi connectivity index (χ1n) is 5.10. The Hall–Kier alpha value is -0.180. The quantitative estimate of drug-likeness (QED) is 0.556. The van der Waals surface area contributed by atoms with Gasteiger partial charge < -0.3 is 5.32 Å². The zero-order valence-corrected chi connectivity index (χ0v) is 11.3. The van der Waals surface area contributed by atoms with Crippen molar-refractivity contribution < 1.29 is 16.8 Å². The van der Waals surface area contributed by atoms with Crippen LogP contribution in [0.15, 0.2) is 0 Å². The van der Waals surface area contributed by atoms with Crippen LogP contribution >= 0.6 is 0 Å². The number of sulfone groups is 1. The van der Waals surface area contributed by atoms with Crippen molar-refractivity contribution in [1.82, 2.24) is 5.32 Å². The molecule has 0 aromatic carbocycles. The third kappa shape index (κ3) is 9.08. The van der Waals surface area contributed by atoms with Crippen LogP contribution in [-0.2, 0) is 19.9 Å². The fourth-order valence-corrected chi connectivity index (χ4v) is 2.84. The summed E-state index contributed by atoms with van der Waals surface area (Å²) < 4.78 is 43.7. The van der Waals surface area contributed by atoms with E-state index in [0.717, 1.165) is 0 Å². The summed E-state index contributed by atoms with van der Waals surface area (Å²) in [6.45, 7) is 3.80. The van der Waals surface area contributed by atoms with E-state index in [1.807, 2.05) is 0 Å². The lowest BCUT2D eigenvalue weighted by molar-refractivity contribution is 0.551. The number of primary sulfonamides is 1. The zero-order valence-electron chi connectivity index (χ0n) is 9.64. The highest BCUT2D eigenvalue weighted by molar-refractivity contribution is 7.91. The fourth-order valence-electron chi connectivity index (χ4n) is 1.18.